The number of nitrogens with zero attached hydrogens (tertiary/aromatic N) is 2. The highest BCUT2D eigenvalue weighted by molar-refractivity contribution is 5.48. The van der Waals surface area contributed by atoms with E-state index in [4.69, 9.17) is 5.73 Å². The average Bonchev–Trinajstić information content (AvgIpc) is 2.81. The van der Waals surface area contributed by atoms with E-state index in [0.29, 0.717) is 0 Å². The van der Waals surface area contributed by atoms with E-state index in [-0.39, 0.29) is 6.04 Å². The lowest BCUT2D eigenvalue weighted by Crippen LogP contribution is -2.20. The monoisotopic (exact) mass is 219 g/mol. The van der Waals surface area contributed by atoms with Gasteiger partial charge in [0.2, 0.25) is 0 Å². The SMILES string of the molecule is CC[C@H](N)c1cnc(N2CCCC2)c(C)c1. The molecular formula is C13H21N3. The molecule has 3 nitrogen and oxygen atoms in total. The van der Waals surface area contributed by atoms with Crippen LogP contribution in [0.2, 0.25) is 0 Å². The predicted octanol–water partition coefficient (Wildman–Crippen LogP) is 2.40. The third-order valence-electron chi connectivity index (χ3n) is 3.35. The van der Waals surface area contributed by atoms with Crippen LogP contribution in [0.4, 0.5) is 5.82 Å². The van der Waals surface area contributed by atoms with Gasteiger partial charge in [-0.2, -0.15) is 0 Å². The van der Waals surface area contributed by atoms with Crippen LogP contribution in [0.1, 0.15) is 43.4 Å². The van der Waals surface area contributed by atoms with Crippen LogP contribution in [0.3, 0.4) is 0 Å². The summed E-state index contributed by atoms with van der Waals surface area (Å²) in [5.41, 5.74) is 8.42. The Labute approximate surface area is 97.7 Å². The molecule has 0 bridgehead atoms. The first-order valence-corrected chi connectivity index (χ1v) is 6.19. The zero-order valence-corrected chi connectivity index (χ0v) is 10.2. The molecule has 0 aliphatic carbocycles. The van der Waals surface area contributed by atoms with Gasteiger partial charge in [0, 0.05) is 25.3 Å². The normalized spacial score (nSPS) is 17.8. The molecular weight excluding hydrogens is 198 g/mol. The molecule has 2 N–H and O–H groups in total. The Morgan fingerprint density at radius 2 is 2.12 bits per heavy atom. The quantitative estimate of drug-likeness (QED) is 0.848. The fourth-order valence-electron chi connectivity index (χ4n) is 2.29. The Balaban J connectivity index is 2.22. The summed E-state index contributed by atoms with van der Waals surface area (Å²) in [5.74, 6) is 1.14. The minimum Gasteiger partial charge on any atom is -0.356 e. The van der Waals surface area contributed by atoms with Crippen LogP contribution in [-0.4, -0.2) is 18.1 Å². The third-order valence-corrected chi connectivity index (χ3v) is 3.35. The summed E-state index contributed by atoms with van der Waals surface area (Å²) < 4.78 is 0. The molecule has 3 heteroatoms. The summed E-state index contributed by atoms with van der Waals surface area (Å²) in [5, 5.41) is 0. The van der Waals surface area contributed by atoms with Crippen molar-refractivity contribution in [2.24, 2.45) is 5.73 Å². The molecule has 1 aliphatic heterocycles. The summed E-state index contributed by atoms with van der Waals surface area (Å²) in [6.07, 6.45) is 5.48. The largest absolute Gasteiger partial charge is 0.356 e. The Bertz CT molecular complexity index is 356. The molecule has 0 spiro atoms. The third kappa shape index (κ3) is 2.19. The van der Waals surface area contributed by atoms with Crippen LogP contribution in [0.25, 0.3) is 0 Å². The Kier molecular flexibility index (Phi) is 3.44. The van der Waals surface area contributed by atoms with Gasteiger partial charge in [0.1, 0.15) is 5.82 Å². The highest BCUT2D eigenvalue weighted by Crippen LogP contribution is 2.24. The van der Waals surface area contributed by atoms with Gasteiger partial charge in [-0.05, 0) is 43.4 Å². The molecule has 1 aromatic rings. The topological polar surface area (TPSA) is 42.1 Å². The van der Waals surface area contributed by atoms with E-state index in [0.717, 1.165) is 30.9 Å². The molecule has 0 amide bonds. The predicted molar refractivity (Wildman–Crippen MR) is 67.6 cm³/mol. The molecule has 0 unspecified atom stereocenters. The van der Waals surface area contributed by atoms with Crippen LogP contribution < -0.4 is 10.6 Å². The van der Waals surface area contributed by atoms with Gasteiger partial charge < -0.3 is 10.6 Å². The van der Waals surface area contributed by atoms with E-state index in [1.54, 1.807) is 0 Å². The number of aryl methyl sites for hydroxylation is 1. The molecule has 2 rings (SSSR count). The Morgan fingerprint density at radius 3 is 2.69 bits per heavy atom. The summed E-state index contributed by atoms with van der Waals surface area (Å²) in [6, 6.07) is 2.31. The maximum Gasteiger partial charge on any atom is 0.131 e. The number of hydrogen-bond donors (Lipinski definition) is 1. The summed E-state index contributed by atoms with van der Waals surface area (Å²) in [4.78, 5) is 6.95. The molecule has 88 valence electrons. The van der Waals surface area contributed by atoms with E-state index in [2.05, 4.69) is 29.8 Å². The van der Waals surface area contributed by atoms with E-state index >= 15 is 0 Å². The van der Waals surface area contributed by atoms with E-state index < -0.39 is 0 Å². The molecule has 0 aromatic carbocycles. The summed E-state index contributed by atoms with van der Waals surface area (Å²) >= 11 is 0. The van der Waals surface area contributed by atoms with Gasteiger partial charge in [0.25, 0.3) is 0 Å². The lowest BCUT2D eigenvalue weighted by atomic mass is 10.1. The molecule has 16 heavy (non-hydrogen) atoms. The zero-order valence-electron chi connectivity index (χ0n) is 10.2. The van der Waals surface area contributed by atoms with Crippen LogP contribution in [0, 0.1) is 6.92 Å². The highest BCUT2D eigenvalue weighted by Gasteiger charge is 2.16. The van der Waals surface area contributed by atoms with Crippen molar-refractivity contribution in [3.63, 3.8) is 0 Å². The highest BCUT2D eigenvalue weighted by atomic mass is 15.2. The number of rotatable bonds is 3. The van der Waals surface area contributed by atoms with E-state index in [1.807, 2.05) is 6.20 Å². The fourth-order valence-corrected chi connectivity index (χ4v) is 2.29. The van der Waals surface area contributed by atoms with Crippen molar-refractivity contribution in [1.82, 2.24) is 4.98 Å². The van der Waals surface area contributed by atoms with Gasteiger partial charge in [-0.15, -0.1) is 0 Å². The number of aromatic nitrogens is 1. The maximum atomic E-state index is 6.01. The number of anilines is 1. The van der Waals surface area contributed by atoms with Gasteiger partial charge in [0.15, 0.2) is 0 Å². The van der Waals surface area contributed by atoms with Crippen LogP contribution in [-0.2, 0) is 0 Å². The van der Waals surface area contributed by atoms with Gasteiger partial charge in [-0.1, -0.05) is 6.92 Å². The fraction of sp³-hybridized carbons (Fsp3) is 0.615. The van der Waals surface area contributed by atoms with Crippen molar-refractivity contribution in [2.45, 2.75) is 39.2 Å². The number of nitrogens with two attached hydrogens (primary N) is 1. The average molecular weight is 219 g/mol. The minimum atomic E-state index is 0.124. The standard InChI is InChI=1S/C13H21N3/c1-3-12(14)11-8-10(2)13(15-9-11)16-6-4-5-7-16/h8-9,12H,3-7,14H2,1-2H3/t12-/m0/s1. The smallest absolute Gasteiger partial charge is 0.131 e. The lowest BCUT2D eigenvalue weighted by Gasteiger charge is -2.20. The summed E-state index contributed by atoms with van der Waals surface area (Å²) in [7, 11) is 0. The van der Waals surface area contributed by atoms with Crippen molar-refractivity contribution in [1.29, 1.82) is 0 Å². The Morgan fingerprint density at radius 1 is 1.44 bits per heavy atom. The van der Waals surface area contributed by atoms with Crippen molar-refractivity contribution < 1.29 is 0 Å². The van der Waals surface area contributed by atoms with Crippen molar-refractivity contribution in [3.8, 4) is 0 Å². The van der Waals surface area contributed by atoms with Crippen molar-refractivity contribution in [3.05, 3.63) is 23.4 Å². The van der Waals surface area contributed by atoms with Crippen LogP contribution >= 0.6 is 0 Å². The van der Waals surface area contributed by atoms with Crippen LogP contribution in [0.15, 0.2) is 12.3 Å². The summed E-state index contributed by atoms with van der Waals surface area (Å²) in [6.45, 7) is 6.53. The second-order valence-corrected chi connectivity index (χ2v) is 4.62. The first-order valence-electron chi connectivity index (χ1n) is 6.19. The van der Waals surface area contributed by atoms with Crippen molar-refractivity contribution in [2.75, 3.05) is 18.0 Å². The molecule has 0 radical (unpaired) electrons. The first kappa shape index (κ1) is 11.4. The Hall–Kier alpha value is -1.09. The van der Waals surface area contributed by atoms with Gasteiger partial charge in [-0.3, -0.25) is 0 Å². The molecule has 2 heterocycles. The van der Waals surface area contributed by atoms with Gasteiger partial charge in [0.05, 0.1) is 0 Å². The van der Waals surface area contributed by atoms with Gasteiger partial charge >= 0.3 is 0 Å². The first-order chi connectivity index (χ1) is 7.72. The molecule has 1 saturated heterocycles. The second-order valence-electron chi connectivity index (χ2n) is 4.62. The number of pyridine rings is 1. The van der Waals surface area contributed by atoms with Gasteiger partial charge in [-0.25, -0.2) is 4.98 Å². The minimum absolute atomic E-state index is 0.124. The zero-order chi connectivity index (χ0) is 11.5. The van der Waals surface area contributed by atoms with E-state index in [9.17, 15) is 0 Å². The molecule has 0 saturated carbocycles. The maximum absolute atomic E-state index is 6.01. The van der Waals surface area contributed by atoms with E-state index in [1.165, 1.54) is 18.4 Å². The lowest BCUT2D eigenvalue weighted by molar-refractivity contribution is 0.693. The molecule has 1 aliphatic rings. The number of hydrogen-bond acceptors (Lipinski definition) is 3. The molecule has 1 aromatic heterocycles. The second kappa shape index (κ2) is 4.83. The molecule has 1 fully saturated rings. The van der Waals surface area contributed by atoms with Crippen molar-refractivity contribution >= 4 is 5.82 Å². The molecule has 1 atom stereocenters. The van der Waals surface area contributed by atoms with Crippen LogP contribution in [0.5, 0.6) is 0 Å².